The maximum Gasteiger partial charge on any atom is 0.286 e. The Bertz CT molecular complexity index is 509. The summed E-state index contributed by atoms with van der Waals surface area (Å²) in [5.41, 5.74) is 6.34. The van der Waals surface area contributed by atoms with Crippen molar-refractivity contribution in [3.05, 3.63) is 34.7 Å². The lowest BCUT2D eigenvalue weighted by Crippen LogP contribution is -2.01. The molecule has 0 aromatic heterocycles. The first-order valence-corrected chi connectivity index (χ1v) is 6.02. The Labute approximate surface area is 104 Å². The Balaban J connectivity index is 2.30. The summed E-state index contributed by atoms with van der Waals surface area (Å²) in [6, 6.07) is 7.54. The van der Waals surface area contributed by atoms with E-state index in [9.17, 15) is 4.79 Å². The first-order valence-electron chi connectivity index (χ1n) is 5.20. The molecule has 1 heterocycles. The lowest BCUT2D eigenvalue weighted by atomic mass is 10.2. The van der Waals surface area contributed by atoms with E-state index in [1.54, 1.807) is 6.08 Å². The highest BCUT2D eigenvalue weighted by Crippen LogP contribution is 2.29. The first kappa shape index (κ1) is 11.7. The van der Waals surface area contributed by atoms with Crippen LogP contribution in [-0.2, 0) is 4.79 Å². The van der Waals surface area contributed by atoms with Gasteiger partial charge in [0.15, 0.2) is 5.17 Å². The molecular formula is C12H12N2O2S. The molecule has 0 aliphatic carbocycles. The number of nitrogens with two attached hydrogens (primary N) is 1. The van der Waals surface area contributed by atoms with Gasteiger partial charge in [-0.25, -0.2) is 0 Å². The molecule has 0 bridgehead atoms. The van der Waals surface area contributed by atoms with Crippen molar-refractivity contribution in [2.24, 2.45) is 10.7 Å². The topological polar surface area (TPSA) is 64.7 Å². The molecule has 0 fully saturated rings. The molecule has 0 atom stereocenters. The van der Waals surface area contributed by atoms with Crippen molar-refractivity contribution in [2.45, 2.75) is 6.92 Å². The van der Waals surface area contributed by atoms with E-state index in [1.807, 2.05) is 31.2 Å². The number of carbonyl (C=O) groups is 1. The smallest absolute Gasteiger partial charge is 0.286 e. The van der Waals surface area contributed by atoms with Crippen LogP contribution in [0, 0.1) is 0 Å². The van der Waals surface area contributed by atoms with Gasteiger partial charge in [0.2, 0.25) is 0 Å². The highest BCUT2D eigenvalue weighted by atomic mass is 32.2. The van der Waals surface area contributed by atoms with E-state index < -0.39 is 0 Å². The minimum Gasteiger partial charge on any atom is -0.493 e. The maximum absolute atomic E-state index is 11.5. The monoisotopic (exact) mass is 248 g/mol. The van der Waals surface area contributed by atoms with Gasteiger partial charge in [0.05, 0.1) is 11.5 Å². The van der Waals surface area contributed by atoms with Crippen LogP contribution in [0.5, 0.6) is 5.75 Å². The second kappa shape index (κ2) is 5.05. The zero-order valence-electron chi connectivity index (χ0n) is 9.34. The normalized spacial score (nSPS) is 17.4. The van der Waals surface area contributed by atoms with E-state index in [0.29, 0.717) is 11.5 Å². The van der Waals surface area contributed by atoms with Crippen molar-refractivity contribution in [1.82, 2.24) is 0 Å². The van der Waals surface area contributed by atoms with E-state index in [1.165, 1.54) is 11.8 Å². The third-order valence-electron chi connectivity index (χ3n) is 2.14. The molecule has 0 spiro atoms. The molecule has 0 unspecified atom stereocenters. The number of aliphatic imine (C=N–C) groups is 1. The van der Waals surface area contributed by atoms with Gasteiger partial charge >= 0.3 is 0 Å². The Morgan fingerprint density at radius 2 is 2.24 bits per heavy atom. The molecule has 5 heteroatoms. The van der Waals surface area contributed by atoms with Crippen LogP contribution in [0.1, 0.15) is 12.5 Å². The third kappa shape index (κ3) is 2.68. The van der Waals surface area contributed by atoms with Crippen LogP contribution >= 0.6 is 11.8 Å². The van der Waals surface area contributed by atoms with E-state index in [0.717, 1.165) is 11.3 Å². The minimum absolute atomic E-state index is 0.287. The number of ether oxygens (including phenoxy) is 1. The van der Waals surface area contributed by atoms with Crippen LogP contribution in [0.15, 0.2) is 34.2 Å². The summed E-state index contributed by atoms with van der Waals surface area (Å²) in [5.74, 6) is 0.458. The quantitative estimate of drug-likeness (QED) is 0.831. The Morgan fingerprint density at radius 1 is 1.47 bits per heavy atom. The molecule has 1 aromatic carbocycles. The summed E-state index contributed by atoms with van der Waals surface area (Å²) in [6.45, 7) is 2.50. The van der Waals surface area contributed by atoms with Gasteiger partial charge in [-0.3, -0.25) is 4.79 Å². The molecule has 1 amide bonds. The maximum atomic E-state index is 11.5. The predicted molar refractivity (Wildman–Crippen MR) is 69.8 cm³/mol. The molecule has 88 valence electrons. The van der Waals surface area contributed by atoms with Gasteiger partial charge in [-0.05, 0) is 30.8 Å². The predicted octanol–water partition coefficient (Wildman–Crippen LogP) is 2.01. The molecule has 17 heavy (non-hydrogen) atoms. The molecule has 0 saturated carbocycles. The molecule has 0 radical (unpaired) electrons. The number of amidine groups is 1. The van der Waals surface area contributed by atoms with Gasteiger partial charge in [-0.1, -0.05) is 18.2 Å². The average molecular weight is 248 g/mol. The SMILES string of the molecule is CCOc1ccccc1/C=C1/SC(N)=NC1=O. The van der Waals surface area contributed by atoms with Gasteiger partial charge in [0.1, 0.15) is 5.75 Å². The van der Waals surface area contributed by atoms with Crippen molar-refractivity contribution >= 4 is 28.9 Å². The third-order valence-corrected chi connectivity index (χ3v) is 2.96. The van der Waals surface area contributed by atoms with Crippen molar-refractivity contribution in [2.75, 3.05) is 6.61 Å². The molecule has 4 nitrogen and oxygen atoms in total. The van der Waals surface area contributed by atoms with Crippen LogP contribution in [0.4, 0.5) is 0 Å². The second-order valence-electron chi connectivity index (χ2n) is 3.34. The van der Waals surface area contributed by atoms with E-state index >= 15 is 0 Å². The van der Waals surface area contributed by atoms with Crippen LogP contribution in [0.2, 0.25) is 0 Å². The Kier molecular flexibility index (Phi) is 3.49. The zero-order valence-corrected chi connectivity index (χ0v) is 10.2. The fourth-order valence-electron chi connectivity index (χ4n) is 1.45. The van der Waals surface area contributed by atoms with Crippen LogP contribution < -0.4 is 10.5 Å². The molecule has 1 aliphatic heterocycles. The van der Waals surface area contributed by atoms with Gasteiger partial charge in [-0.2, -0.15) is 4.99 Å². The van der Waals surface area contributed by atoms with Gasteiger partial charge in [0.25, 0.3) is 5.91 Å². The molecule has 1 aliphatic rings. The van der Waals surface area contributed by atoms with Crippen LogP contribution in [0.25, 0.3) is 6.08 Å². The van der Waals surface area contributed by atoms with Crippen molar-refractivity contribution < 1.29 is 9.53 Å². The Hall–Kier alpha value is -1.75. The van der Waals surface area contributed by atoms with Crippen molar-refractivity contribution in [1.29, 1.82) is 0 Å². The highest BCUT2D eigenvalue weighted by Gasteiger charge is 2.19. The number of amides is 1. The van der Waals surface area contributed by atoms with Crippen LogP contribution in [-0.4, -0.2) is 17.7 Å². The number of para-hydroxylation sites is 1. The lowest BCUT2D eigenvalue weighted by Gasteiger charge is -2.06. The summed E-state index contributed by atoms with van der Waals surface area (Å²) >= 11 is 1.18. The number of hydrogen-bond acceptors (Lipinski definition) is 4. The zero-order chi connectivity index (χ0) is 12.3. The average Bonchev–Trinajstić information content (AvgIpc) is 2.61. The number of carbonyl (C=O) groups excluding carboxylic acids is 1. The van der Waals surface area contributed by atoms with E-state index in [2.05, 4.69) is 4.99 Å². The summed E-state index contributed by atoms with van der Waals surface area (Å²) in [5, 5.41) is 0.287. The standard InChI is InChI=1S/C12H12N2O2S/c1-2-16-9-6-4-3-5-8(9)7-10-11(15)14-12(13)17-10/h3-7H,2H2,1H3,(H2,13,14,15)/b10-7+. The summed E-state index contributed by atoms with van der Waals surface area (Å²) < 4.78 is 5.48. The first-order chi connectivity index (χ1) is 8.20. The largest absolute Gasteiger partial charge is 0.493 e. The summed E-state index contributed by atoms with van der Waals surface area (Å²) in [4.78, 5) is 15.6. The van der Waals surface area contributed by atoms with E-state index in [-0.39, 0.29) is 11.1 Å². The fraction of sp³-hybridized carbons (Fsp3) is 0.167. The molecule has 0 saturated heterocycles. The highest BCUT2D eigenvalue weighted by molar-refractivity contribution is 8.18. The Morgan fingerprint density at radius 3 is 2.88 bits per heavy atom. The number of hydrogen-bond donors (Lipinski definition) is 1. The van der Waals surface area contributed by atoms with Gasteiger partial charge in [-0.15, -0.1) is 0 Å². The number of rotatable bonds is 3. The number of benzene rings is 1. The second-order valence-corrected chi connectivity index (χ2v) is 4.40. The molecule has 2 N–H and O–H groups in total. The van der Waals surface area contributed by atoms with E-state index in [4.69, 9.17) is 10.5 Å². The number of nitrogens with zero attached hydrogens (tertiary/aromatic N) is 1. The minimum atomic E-state index is -0.293. The van der Waals surface area contributed by atoms with Crippen LogP contribution in [0.3, 0.4) is 0 Å². The summed E-state index contributed by atoms with van der Waals surface area (Å²) in [7, 11) is 0. The van der Waals surface area contributed by atoms with Crippen molar-refractivity contribution in [3.8, 4) is 5.75 Å². The number of thioether (sulfide) groups is 1. The lowest BCUT2D eigenvalue weighted by molar-refractivity contribution is -0.113. The molecule has 1 aromatic rings. The molecule has 2 rings (SSSR count). The van der Waals surface area contributed by atoms with Gasteiger partial charge in [0, 0.05) is 5.56 Å². The fourth-order valence-corrected chi connectivity index (χ4v) is 2.13. The van der Waals surface area contributed by atoms with Gasteiger partial charge < -0.3 is 10.5 Å². The van der Waals surface area contributed by atoms with Crippen molar-refractivity contribution in [3.63, 3.8) is 0 Å². The molecular weight excluding hydrogens is 236 g/mol. The summed E-state index contributed by atoms with van der Waals surface area (Å²) in [6.07, 6.45) is 1.75.